The van der Waals surface area contributed by atoms with Gasteiger partial charge >= 0.3 is 11.9 Å². The van der Waals surface area contributed by atoms with Crippen LogP contribution in [0.4, 0.5) is 0 Å². The number of amides is 1. The number of ketones is 2. The van der Waals surface area contributed by atoms with Gasteiger partial charge in [0.25, 0.3) is 0 Å². The highest BCUT2D eigenvalue weighted by Crippen LogP contribution is 2.67. The number of carboxylic acid groups (broad SMARTS) is 1. The first-order chi connectivity index (χ1) is 20.8. The number of aliphatic hydroxyl groups excluding tert-OH is 1. The fraction of sp³-hybridized carbons (Fsp3) is 0.618. The number of allylic oxidation sites excluding steroid dienone is 1. The summed E-state index contributed by atoms with van der Waals surface area (Å²) in [5.41, 5.74) is -0.714. The average Bonchev–Trinajstić information content (AvgIpc) is 3.29. The Morgan fingerprint density at radius 2 is 1.68 bits per heavy atom. The summed E-state index contributed by atoms with van der Waals surface area (Å²) in [6.45, 7) is 3.67. The van der Waals surface area contributed by atoms with Crippen molar-refractivity contribution >= 4 is 29.4 Å². The second kappa shape index (κ2) is 12.2. The number of hydrogen-bond donors (Lipinski definition) is 4. The molecule has 8 atom stereocenters. The van der Waals surface area contributed by atoms with E-state index in [-0.39, 0.29) is 17.1 Å². The molecule has 10 nitrogen and oxygen atoms in total. The van der Waals surface area contributed by atoms with Crippen molar-refractivity contribution in [3.05, 3.63) is 47.5 Å². The number of ether oxygens (including phenoxy) is 1. The molecule has 0 aliphatic heterocycles. The van der Waals surface area contributed by atoms with E-state index in [1.165, 1.54) is 17.7 Å². The van der Waals surface area contributed by atoms with Gasteiger partial charge in [-0.05, 0) is 79.8 Å². The summed E-state index contributed by atoms with van der Waals surface area (Å²) in [7, 11) is 0. The molecule has 3 saturated carbocycles. The lowest BCUT2D eigenvalue weighted by Gasteiger charge is -2.58. The molecule has 0 heterocycles. The Kier molecular flexibility index (Phi) is 8.88. The first-order valence-electron chi connectivity index (χ1n) is 15.7. The van der Waals surface area contributed by atoms with Crippen LogP contribution in [0.15, 0.2) is 42.0 Å². The molecule has 4 N–H and O–H groups in total. The Balaban J connectivity index is 1.14. The van der Waals surface area contributed by atoms with Crippen LogP contribution in [0.5, 0.6) is 0 Å². The summed E-state index contributed by atoms with van der Waals surface area (Å²) >= 11 is 0. The molecule has 10 heteroatoms. The molecule has 1 aromatic carbocycles. The first-order valence-corrected chi connectivity index (χ1v) is 15.7. The van der Waals surface area contributed by atoms with Gasteiger partial charge in [-0.1, -0.05) is 49.8 Å². The van der Waals surface area contributed by atoms with Crippen LogP contribution in [0, 0.1) is 28.6 Å². The van der Waals surface area contributed by atoms with Crippen molar-refractivity contribution in [2.45, 2.75) is 95.8 Å². The van der Waals surface area contributed by atoms with Gasteiger partial charge in [0.15, 0.2) is 18.4 Å². The van der Waals surface area contributed by atoms with E-state index in [9.17, 15) is 39.3 Å². The summed E-state index contributed by atoms with van der Waals surface area (Å²) in [5, 5.41) is 34.0. The Bertz CT molecular complexity index is 1360. The van der Waals surface area contributed by atoms with Gasteiger partial charge in [0, 0.05) is 18.3 Å². The Morgan fingerprint density at radius 3 is 2.39 bits per heavy atom. The zero-order valence-corrected chi connectivity index (χ0v) is 25.4. The van der Waals surface area contributed by atoms with E-state index >= 15 is 0 Å². The third-order valence-corrected chi connectivity index (χ3v) is 11.5. The quantitative estimate of drug-likeness (QED) is 0.291. The number of hydrogen-bond acceptors (Lipinski definition) is 8. The fourth-order valence-electron chi connectivity index (χ4n) is 8.95. The van der Waals surface area contributed by atoms with Crippen molar-refractivity contribution in [3.63, 3.8) is 0 Å². The van der Waals surface area contributed by atoms with E-state index in [1.54, 1.807) is 18.2 Å². The molecular formula is C34H43NO9. The third-order valence-electron chi connectivity index (χ3n) is 11.5. The number of carboxylic acids is 1. The van der Waals surface area contributed by atoms with Crippen LogP contribution in [0.2, 0.25) is 0 Å². The number of esters is 1. The highest BCUT2D eigenvalue weighted by atomic mass is 16.5. The molecular weight excluding hydrogens is 566 g/mol. The molecule has 5 rings (SSSR count). The third kappa shape index (κ3) is 5.62. The van der Waals surface area contributed by atoms with Crippen molar-refractivity contribution in [2.24, 2.45) is 28.6 Å². The van der Waals surface area contributed by atoms with Gasteiger partial charge in [-0.25, -0.2) is 4.79 Å². The molecule has 1 aromatic rings. The maximum Gasteiger partial charge on any atom is 0.329 e. The SMILES string of the molecule is C[C@]12CCC(=O)C=C1CC[C@H]1[C@@H]2CC[C@]2(C)[C@H]1CC[C@]2(O)C(=O)COC(=O)CCC(=O)N[C@@H](C(=O)O)[C@H](O)c1ccccc1. The molecule has 0 spiro atoms. The van der Waals surface area contributed by atoms with Gasteiger partial charge in [0.05, 0.1) is 6.42 Å². The number of aliphatic carboxylic acids is 1. The largest absolute Gasteiger partial charge is 0.480 e. The zero-order valence-electron chi connectivity index (χ0n) is 25.4. The Morgan fingerprint density at radius 1 is 0.977 bits per heavy atom. The number of rotatable bonds is 10. The summed E-state index contributed by atoms with van der Waals surface area (Å²) in [6.07, 6.45) is 5.34. The van der Waals surface area contributed by atoms with Crippen molar-refractivity contribution in [1.29, 1.82) is 0 Å². The summed E-state index contributed by atoms with van der Waals surface area (Å²) in [5.74, 6) is -2.44. The minimum absolute atomic E-state index is 0.0190. The highest BCUT2D eigenvalue weighted by molar-refractivity contribution is 5.92. The Hall–Kier alpha value is -3.37. The van der Waals surface area contributed by atoms with E-state index in [0.717, 1.165) is 25.7 Å². The van der Waals surface area contributed by atoms with E-state index in [0.29, 0.717) is 43.1 Å². The number of benzene rings is 1. The number of aliphatic hydroxyl groups is 2. The fourth-order valence-corrected chi connectivity index (χ4v) is 8.95. The van der Waals surface area contributed by atoms with Gasteiger partial charge in [0.2, 0.25) is 11.7 Å². The van der Waals surface area contributed by atoms with Crippen molar-refractivity contribution < 1.29 is 44.0 Å². The number of carbonyl (C=O) groups is 5. The van der Waals surface area contributed by atoms with E-state index in [1.807, 2.05) is 13.0 Å². The number of nitrogens with one attached hydrogen (secondary N) is 1. The average molecular weight is 610 g/mol. The maximum atomic E-state index is 13.4. The van der Waals surface area contributed by atoms with Gasteiger partial charge in [0.1, 0.15) is 11.7 Å². The minimum atomic E-state index is -1.62. The second-order valence-corrected chi connectivity index (χ2v) is 13.6. The predicted molar refractivity (Wildman–Crippen MR) is 158 cm³/mol. The number of carbonyl (C=O) groups excluding carboxylic acids is 4. The summed E-state index contributed by atoms with van der Waals surface area (Å²) in [4.78, 5) is 62.1. The highest BCUT2D eigenvalue weighted by Gasteiger charge is 2.66. The lowest BCUT2D eigenvalue weighted by atomic mass is 9.46. The topological polar surface area (TPSA) is 167 Å². The van der Waals surface area contributed by atoms with Gasteiger partial charge in [-0.2, -0.15) is 0 Å². The number of Topliss-reactive ketones (excluding diaryl/α,β-unsaturated/α-hetero) is 1. The van der Waals surface area contributed by atoms with E-state index in [2.05, 4.69) is 12.2 Å². The van der Waals surface area contributed by atoms with Crippen LogP contribution >= 0.6 is 0 Å². The molecule has 4 aliphatic carbocycles. The molecule has 0 unspecified atom stereocenters. The van der Waals surface area contributed by atoms with Crippen LogP contribution in [0.25, 0.3) is 0 Å². The van der Waals surface area contributed by atoms with Crippen LogP contribution in [-0.2, 0) is 28.7 Å². The smallest absolute Gasteiger partial charge is 0.329 e. The van der Waals surface area contributed by atoms with Crippen LogP contribution in [-0.4, -0.2) is 63.0 Å². The van der Waals surface area contributed by atoms with Gasteiger partial charge < -0.3 is 25.4 Å². The predicted octanol–water partition coefficient (Wildman–Crippen LogP) is 3.44. The standard InChI is InChI=1S/C34H43NO9/c1-32-15-12-22(36)18-21(32)8-9-23-24(32)13-16-33(2)25(23)14-17-34(33,43)26(37)19-44-28(39)11-10-27(38)35-29(31(41)42)30(40)20-6-4-3-5-7-20/h3-7,18,23-25,29-30,40,43H,8-17,19H2,1-2H3,(H,35,38)(H,41,42)/t23-,24-,25-,29+,30+,32-,33+,34-/m0/s1. The second-order valence-electron chi connectivity index (χ2n) is 13.6. The molecule has 1 amide bonds. The van der Waals surface area contributed by atoms with Crippen LogP contribution in [0.1, 0.15) is 89.7 Å². The lowest BCUT2D eigenvalue weighted by Crippen LogP contribution is -2.58. The molecule has 0 aromatic heterocycles. The molecule has 0 saturated heterocycles. The summed E-state index contributed by atoms with van der Waals surface area (Å²) < 4.78 is 5.20. The Labute approximate surface area is 257 Å². The maximum absolute atomic E-state index is 13.4. The van der Waals surface area contributed by atoms with E-state index < -0.39 is 66.2 Å². The minimum Gasteiger partial charge on any atom is -0.480 e. The van der Waals surface area contributed by atoms with E-state index in [4.69, 9.17) is 4.74 Å². The normalized spacial score (nSPS) is 34.0. The number of fused-ring (bicyclic) bond motifs is 5. The van der Waals surface area contributed by atoms with Crippen LogP contribution in [0.3, 0.4) is 0 Å². The molecule has 3 fully saturated rings. The first kappa shape index (κ1) is 32.0. The van der Waals surface area contributed by atoms with Crippen molar-refractivity contribution in [2.75, 3.05) is 6.61 Å². The molecule has 238 valence electrons. The molecule has 4 aliphatic rings. The monoisotopic (exact) mass is 609 g/mol. The molecule has 0 bridgehead atoms. The summed E-state index contributed by atoms with van der Waals surface area (Å²) in [6, 6.07) is 6.44. The zero-order chi connectivity index (χ0) is 31.9. The van der Waals surface area contributed by atoms with Gasteiger partial charge in [-0.3, -0.25) is 19.2 Å². The molecule has 0 radical (unpaired) electrons. The van der Waals surface area contributed by atoms with Crippen molar-refractivity contribution in [3.8, 4) is 0 Å². The van der Waals surface area contributed by atoms with Crippen molar-refractivity contribution in [1.82, 2.24) is 5.32 Å². The molecule has 44 heavy (non-hydrogen) atoms. The lowest BCUT2D eigenvalue weighted by molar-refractivity contribution is -0.170. The van der Waals surface area contributed by atoms with Gasteiger partial charge in [-0.15, -0.1) is 0 Å². The van der Waals surface area contributed by atoms with Crippen LogP contribution < -0.4 is 5.32 Å².